The quantitative estimate of drug-likeness (QED) is 0.642. The van der Waals surface area contributed by atoms with Crippen molar-refractivity contribution in [1.82, 2.24) is 15.5 Å². The molecule has 1 aromatic carbocycles. The highest BCUT2D eigenvalue weighted by Crippen LogP contribution is 2.10. The summed E-state index contributed by atoms with van der Waals surface area (Å²) >= 11 is 0. The Balaban J connectivity index is 1.42. The Hall–Kier alpha value is -2.00. The van der Waals surface area contributed by atoms with Crippen LogP contribution in [0.5, 0.6) is 0 Å². The van der Waals surface area contributed by atoms with E-state index in [0.717, 1.165) is 32.8 Å². The molecule has 2 aliphatic heterocycles. The van der Waals surface area contributed by atoms with E-state index in [2.05, 4.69) is 20.9 Å². The summed E-state index contributed by atoms with van der Waals surface area (Å²) in [7, 11) is 0. The van der Waals surface area contributed by atoms with Crippen molar-refractivity contribution in [3.8, 4) is 0 Å². The molecule has 3 N–H and O–H groups in total. The third-order valence-corrected chi connectivity index (χ3v) is 4.47. The maximum absolute atomic E-state index is 12.2. The number of hydrogen-bond acceptors (Lipinski definition) is 6. The summed E-state index contributed by atoms with van der Waals surface area (Å²) in [5.41, 5.74) is 1.23. The number of rotatable bonds is 6. The Bertz CT molecular complexity index is 596. The topological polar surface area (TPSA) is 91.9 Å². The van der Waals surface area contributed by atoms with E-state index in [0.29, 0.717) is 37.6 Å². The molecule has 2 saturated heterocycles. The van der Waals surface area contributed by atoms with E-state index in [-0.39, 0.29) is 17.9 Å². The number of carbonyl (C=O) groups is 2. The average Bonchev–Trinajstić information content (AvgIpc) is 2.70. The number of nitrogens with zero attached hydrogens (tertiary/aromatic N) is 1. The van der Waals surface area contributed by atoms with Gasteiger partial charge in [-0.2, -0.15) is 0 Å². The van der Waals surface area contributed by atoms with E-state index in [1.165, 1.54) is 0 Å². The summed E-state index contributed by atoms with van der Waals surface area (Å²) in [5.74, 6) is -0.245. The molecule has 0 aromatic heterocycles. The molecule has 2 aliphatic rings. The van der Waals surface area contributed by atoms with Gasteiger partial charge >= 0.3 is 0 Å². The van der Waals surface area contributed by atoms with Gasteiger partial charge in [-0.25, -0.2) is 0 Å². The third-order valence-electron chi connectivity index (χ3n) is 4.47. The molecule has 0 bridgehead atoms. The molecular formula is C18H26N4O4. The van der Waals surface area contributed by atoms with Gasteiger partial charge in [0, 0.05) is 44.0 Å². The van der Waals surface area contributed by atoms with Crippen molar-refractivity contribution >= 4 is 17.5 Å². The third kappa shape index (κ3) is 5.50. The van der Waals surface area contributed by atoms with Crippen LogP contribution >= 0.6 is 0 Å². The number of morpholine rings is 2. The number of ether oxygens (including phenoxy) is 2. The lowest BCUT2D eigenvalue weighted by atomic mass is 10.2. The number of benzene rings is 1. The molecule has 142 valence electrons. The van der Waals surface area contributed by atoms with E-state index in [4.69, 9.17) is 9.47 Å². The minimum Gasteiger partial charge on any atom is -0.379 e. The molecule has 1 aromatic rings. The molecule has 1 atom stereocenters. The van der Waals surface area contributed by atoms with Gasteiger partial charge in [0.1, 0.15) is 6.04 Å². The van der Waals surface area contributed by atoms with E-state index >= 15 is 0 Å². The first-order valence-electron chi connectivity index (χ1n) is 9.03. The fraction of sp³-hybridized carbons (Fsp3) is 0.556. The van der Waals surface area contributed by atoms with Gasteiger partial charge in [-0.15, -0.1) is 0 Å². The van der Waals surface area contributed by atoms with Crippen molar-refractivity contribution in [3.05, 3.63) is 29.8 Å². The van der Waals surface area contributed by atoms with E-state index in [9.17, 15) is 9.59 Å². The predicted molar refractivity (Wildman–Crippen MR) is 97.3 cm³/mol. The summed E-state index contributed by atoms with van der Waals surface area (Å²) < 4.78 is 10.6. The monoisotopic (exact) mass is 362 g/mol. The Morgan fingerprint density at radius 2 is 1.88 bits per heavy atom. The first kappa shape index (κ1) is 18.8. The van der Waals surface area contributed by atoms with Crippen molar-refractivity contribution in [3.63, 3.8) is 0 Å². The van der Waals surface area contributed by atoms with Gasteiger partial charge in [0.15, 0.2) is 0 Å². The van der Waals surface area contributed by atoms with Crippen molar-refractivity contribution in [2.75, 3.05) is 64.5 Å². The minimum absolute atomic E-state index is 0.113. The second-order valence-corrected chi connectivity index (χ2v) is 6.36. The van der Waals surface area contributed by atoms with Crippen LogP contribution in [0.1, 0.15) is 10.4 Å². The largest absolute Gasteiger partial charge is 0.379 e. The number of hydrogen-bond donors (Lipinski definition) is 3. The molecule has 2 fully saturated rings. The van der Waals surface area contributed by atoms with Crippen LogP contribution in [-0.2, 0) is 14.3 Å². The zero-order valence-electron chi connectivity index (χ0n) is 14.8. The van der Waals surface area contributed by atoms with Crippen LogP contribution in [-0.4, -0.2) is 81.9 Å². The second-order valence-electron chi connectivity index (χ2n) is 6.36. The van der Waals surface area contributed by atoms with Crippen molar-refractivity contribution < 1.29 is 19.1 Å². The molecule has 2 amide bonds. The van der Waals surface area contributed by atoms with Gasteiger partial charge in [-0.1, -0.05) is 0 Å². The molecule has 0 spiro atoms. The predicted octanol–water partition coefficient (Wildman–Crippen LogP) is -0.324. The molecule has 8 heteroatoms. The van der Waals surface area contributed by atoms with Crippen LogP contribution in [0.25, 0.3) is 0 Å². The lowest BCUT2D eigenvalue weighted by Gasteiger charge is -2.26. The van der Waals surface area contributed by atoms with Gasteiger partial charge in [-0.3, -0.25) is 14.5 Å². The second kappa shape index (κ2) is 9.63. The maximum Gasteiger partial charge on any atom is 0.251 e. The van der Waals surface area contributed by atoms with Gasteiger partial charge in [0.25, 0.3) is 5.91 Å². The van der Waals surface area contributed by atoms with Gasteiger partial charge < -0.3 is 25.4 Å². The average molecular weight is 362 g/mol. The number of amides is 2. The zero-order chi connectivity index (χ0) is 18.2. The van der Waals surface area contributed by atoms with Crippen LogP contribution in [0.4, 0.5) is 5.69 Å². The Labute approximate surface area is 153 Å². The van der Waals surface area contributed by atoms with Gasteiger partial charge in [0.05, 0.1) is 26.4 Å². The molecule has 26 heavy (non-hydrogen) atoms. The number of nitrogens with one attached hydrogen (secondary N) is 3. The highest BCUT2D eigenvalue weighted by Gasteiger charge is 2.21. The van der Waals surface area contributed by atoms with Gasteiger partial charge in [-0.05, 0) is 24.3 Å². The van der Waals surface area contributed by atoms with Gasteiger partial charge in [0.2, 0.25) is 5.91 Å². The van der Waals surface area contributed by atoms with Crippen molar-refractivity contribution in [2.45, 2.75) is 6.04 Å². The van der Waals surface area contributed by atoms with Crippen LogP contribution in [0.3, 0.4) is 0 Å². The van der Waals surface area contributed by atoms with E-state index in [1.807, 2.05) is 0 Å². The molecule has 0 radical (unpaired) electrons. The summed E-state index contributed by atoms with van der Waals surface area (Å²) in [6.07, 6.45) is 0. The fourth-order valence-corrected chi connectivity index (χ4v) is 2.92. The minimum atomic E-state index is -0.341. The molecule has 2 heterocycles. The SMILES string of the molecule is O=C(NCCN1CCOCC1)c1ccc(NC(=O)C2COCCN2)cc1. The lowest BCUT2D eigenvalue weighted by Crippen LogP contribution is -2.48. The Morgan fingerprint density at radius 3 is 2.58 bits per heavy atom. The van der Waals surface area contributed by atoms with Crippen molar-refractivity contribution in [2.24, 2.45) is 0 Å². The summed E-state index contributed by atoms with van der Waals surface area (Å²) in [6.45, 7) is 6.41. The molecular weight excluding hydrogens is 336 g/mol. The van der Waals surface area contributed by atoms with E-state index < -0.39 is 0 Å². The molecule has 3 rings (SSSR count). The number of anilines is 1. The lowest BCUT2D eigenvalue weighted by molar-refractivity contribution is -0.120. The summed E-state index contributed by atoms with van der Waals surface area (Å²) in [4.78, 5) is 26.6. The summed E-state index contributed by atoms with van der Waals surface area (Å²) in [6, 6.07) is 6.55. The number of carbonyl (C=O) groups excluding carboxylic acids is 2. The van der Waals surface area contributed by atoms with Crippen LogP contribution in [0.15, 0.2) is 24.3 Å². The Kier molecular flexibility index (Phi) is 6.96. The molecule has 0 saturated carbocycles. The first-order valence-corrected chi connectivity index (χ1v) is 9.03. The van der Waals surface area contributed by atoms with E-state index in [1.54, 1.807) is 24.3 Å². The van der Waals surface area contributed by atoms with Crippen LogP contribution in [0, 0.1) is 0 Å². The van der Waals surface area contributed by atoms with Crippen molar-refractivity contribution in [1.29, 1.82) is 0 Å². The van der Waals surface area contributed by atoms with Crippen LogP contribution in [0.2, 0.25) is 0 Å². The highest BCUT2D eigenvalue weighted by atomic mass is 16.5. The molecule has 0 aliphatic carbocycles. The smallest absolute Gasteiger partial charge is 0.251 e. The highest BCUT2D eigenvalue weighted by molar-refractivity contribution is 5.97. The maximum atomic E-state index is 12.2. The van der Waals surface area contributed by atoms with Crippen LogP contribution < -0.4 is 16.0 Å². The standard InChI is InChI=1S/C18H26N4O4/c23-17(20-5-7-22-8-11-25-12-9-22)14-1-3-15(4-2-14)21-18(24)16-13-26-10-6-19-16/h1-4,16,19H,5-13H2,(H,20,23)(H,21,24). The summed E-state index contributed by atoms with van der Waals surface area (Å²) in [5, 5.41) is 8.86. The normalized spacial score (nSPS) is 21.2. The fourth-order valence-electron chi connectivity index (χ4n) is 2.92. The zero-order valence-corrected chi connectivity index (χ0v) is 14.8. The first-order chi connectivity index (χ1) is 12.7. The molecule has 1 unspecified atom stereocenters. The molecule has 8 nitrogen and oxygen atoms in total. The Morgan fingerprint density at radius 1 is 1.12 bits per heavy atom.